The number of thioether (sulfide) groups is 1. The van der Waals surface area contributed by atoms with Gasteiger partial charge in [0.05, 0.1) is 17.3 Å². The number of rotatable bonds is 10. The Morgan fingerprint density at radius 2 is 1.90 bits per heavy atom. The van der Waals surface area contributed by atoms with E-state index in [0.717, 1.165) is 34.1 Å². The van der Waals surface area contributed by atoms with Gasteiger partial charge in [0, 0.05) is 30.3 Å². The third-order valence-electron chi connectivity index (χ3n) is 4.36. The van der Waals surface area contributed by atoms with E-state index in [4.69, 9.17) is 10.00 Å². The van der Waals surface area contributed by atoms with E-state index >= 15 is 0 Å². The van der Waals surface area contributed by atoms with E-state index in [-0.39, 0.29) is 5.91 Å². The molecule has 0 aliphatic carbocycles. The van der Waals surface area contributed by atoms with Crippen molar-refractivity contribution in [2.24, 2.45) is 0 Å². The lowest BCUT2D eigenvalue weighted by Gasteiger charge is -2.06. The smallest absolute Gasteiger partial charge is 0.244 e. The second-order valence-electron chi connectivity index (χ2n) is 6.62. The molecule has 1 heterocycles. The summed E-state index contributed by atoms with van der Waals surface area (Å²) in [4.78, 5) is 16.2. The standard InChI is InChI=1S/C25H23N3O2S/c26-17-21-5-1-2-6-22(21)19-31-16-15-28-25(29)13-10-20-8-11-24(12-9-20)30-18-23-7-3-4-14-27-23/h1-14H,15-16,18-19H2,(H,28,29)/b13-10+. The number of nitrogens with one attached hydrogen (secondary N) is 1. The fourth-order valence-electron chi connectivity index (χ4n) is 2.73. The maximum Gasteiger partial charge on any atom is 0.244 e. The van der Waals surface area contributed by atoms with Crippen molar-refractivity contribution in [3.63, 3.8) is 0 Å². The maximum atomic E-state index is 12.0. The third-order valence-corrected chi connectivity index (χ3v) is 5.37. The van der Waals surface area contributed by atoms with Crippen molar-refractivity contribution < 1.29 is 9.53 Å². The minimum atomic E-state index is -0.131. The van der Waals surface area contributed by atoms with Gasteiger partial charge in [0.25, 0.3) is 0 Å². The number of ether oxygens (including phenoxy) is 1. The summed E-state index contributed by atoms with van der Waals surface area (Å²) in [6.45, 7) is 0.988. The Bertz CT molecular complexity index is 1040. The highest BCUT2D eigenvalue weighted by atomic mass is 32.2. The molecule has 0 unspecified atom stereocenters. The van der Waals surface area contributed by atoms with Crippen LogP contribution in [0.3, 0.4) is 0 Å². The first-order chi connectivity index (χ1) is 15.2. The molecule has 0 saturated carbocycles. The van der Waals surface area contributed by atoms with Crippen molar-refractivity contribution in [3.05, 3.63) is 101 Å². The van der Waals surface area contributed by atoms with Crippen LogP contribution in [0.2, 0.25) is 0 Å². The molecular formula is C25H23N3O2S. The van der Waals surface area contributed by atoms with Crippen LogP contribution >= 0.6 is 11.8 Å². The average molecular weight is 430 g/mol. The molecule has 0 bridgehead atoms. The van der Waals surface area contributed by atoms with Crippen molar-refractivity contribution in [2.45, 2.75) is 12.4 Å². The first-order valence-corrected chi connectivity index (χ1v) is 11.0. The lowest BCUT2D eigenvalue weighted by molar-refractivity contribution is -0.116. The van der Waals surface area contributed by atoms with Gasteiger partial charge in [-0.05, 0) is 47.5 Å². The van der Waals surface area contributed by atoms with Crippen LogP contribution in [0, 0.1) is 11.3 Å². The Balaban J connectivity index is 1.35. The Kier molecular flexibility index (Phi) is 8.72. The molecule has 3 aromatic rings. The van der Waals surface area contributed by atoms with E-state index in [1.807, 2.05) is 66.7 Å². The van der Waals surface area contributed by atoms with Gasteiger partial charge < -0.3 is 10.1 Å². The molecule has 31 heavy (non-hydrogen) atoms. The SMILES string of the molecule is N#Cc1ccccc1CSCCNC(=O)/C=C/c1ccc(OCc2ccccn2)cc1. The zero-order valence-corrected chi connectivity index (χ0v) is 17.8. The largest absolute Gasteiger partial charge is 0.487 e. The quantitative estimate of drug-likeness (QED) is 0.377. The number of aromatic nitrogens is 1. The first-order valence-electron chi connectivity index (χ1n) is 9.89. The highest BCUT2D eigenvalue weighted by molar-refractivity contribution is 7.98. The molecule has 0 aliphatic rings. The van der Waals surface area contributed by atoms with Gasteiger partial charge in [-0.2, -0.15) is 17.0 Å². The summed E-state index contributed by atoms with van der Waals surface area (Å²) in [6, 6.07) is 23.0. The zero-order chi connectivity index (χ0) is 21.7. The molecule has 0 atom stereocenters. The highest BCUT2D eigenvalue weighted by Crippen LogP contribution is 2.16. The van der Waals surface area contributed by atoms with Crippen LogP contribution in [0.25, 0.3) is 6.08 Å². The van der Waals surface area contributed by atoms with Crippen LogP contribution in [0.15, 0.2) is 79.0 Å². The Labute approximate surface area is 186 Å². The van der Waals surface area contributed by atoms with Crippen molar-refractivity contribution in [1.82, 2.24) is 10.3 Å². The molecular weight excluding hydrogens is 406 g/mol. The van der Waals surface area contributed by atoms with E-state index in [1.54, 1.807) is 24.0 Å². The molecule has 0 saturated heterocycles. The average Bonchev–Trinajstić information content (AvgIpc) is 2.83. The normalized spacial score (nSPS) is 10.5. The molecule has 3 rings (SSSR count). The van der Waals surface area contributed by atoms with Crippen molar-refractivity contribution >= 4 is 23.7 Å². The van der Waals surface area contributed by atoms with Gasteiger partial charge in [-0.25, -0.2) is 0 Å². The molecule has 0 radical (unpaired) electrons. The molecule has 1 amide bonds. The summed E-state index contributed by atoms with van der Waals surface area (Å²) in [7, 11) is 0. The number of carbonyl (C=O) groups is 1. The van der Waals surface area contributed by atoms with Crippen molar-refractivity contribution in [2.75, 3.05) is 12.3 Å². The zero-order valence-electron chi connectivity index (χ0n) is 17.0. The summed E-state index contributed by atoms with van der Waals surface area (Å²) in [6.07, 6.45) is 5.04. The summed E-state index contributed by atoms with van der Waals surface area (Å²) < 4.78 is 5.71. The summed E-state index contributed by atoms with van der Waals surface area (Å²) >= 11 is 1.69. The van der Waals surface area contributed by atoms with Gasteiger partial charge in [0.1, 0.15) is 12.4 Å². The van der Waals surface area contributed by atoms with Crippen LogP contribution in [0.5, 0.6) is 5.75 Å². The van der Waals surface area contributed by atoms with Gasteiger partial charge >= 0.3 is 0 Å². The molecule has 1 N–H and O–H groups in total. The number of hydrogen-bond acceptors (Lipinski definition) is 5. The van der Waals surface area contributed by atoms with E-state index in [0.29, 0.717) is 18.7 Å². The second kappa shape index (κ2) is 12.2. The topological polar surface area (TPSA) is 75.0 Å². The van der Waals surface area contributed by atoms with E-state index < -0.39 is 0 Å². The van der Waals surface area contributed by atoms with Gasteiger partial charge in [-0.3, -0.25) is 9.78 Å². The molecule has 1 aromatic heterocycles. The Morgan fingerprint density at radius 1 is 1.10 bits per heavy atom. The molecule has 156 valence electrons. The summed E-state index contributed by atoms with van der Waals surface area (Å²) in [5.74, 6) is 2.15. The monoisotopic (exact) mass is 429 g/mol. The maximum absolute atomic E-state index is 12.0. The number of nitriles is 1. The molecule has 2 aromatic carbocycles. The minimum absolute atomic E-state index is 0.131. The summed E-state index contributed by atoms with van der Waals surface area (Å²) in [5, 5.41) is 12.0. The van der Waals surface area contributed by atoms with Gasteiger partial charge in [-0.1, -0.05) is 36.4 Å². The van der Waals surface area contributed by atoms with Crippen LogP contribution in [-0.2, 0) is 17.2 Å². The van der Waals surface area contributed by atoms with Crippen LogP contribution in [0.1, 0.15) is 22.4 Å². The number of hydrogen-bond donors (Lipinski definition) is 1. The van der Waals surface area contributed by atoms with E-state index in [2.05, 4.69) is 16.4 Å². The van der Waals surface area contributed by atoms with Crippen molar-refractivity contribution in [1.29, 1.82) is 5.26 Å². The number of carbonyl (C=O) groups excluding carboxylic acids is 1. The van der Waals surface area contributed by atoms with E-state index in [1.165, 1.54) is 6.08 Å². The molecule has 6 heteroatoms. The minimum Gasteiger partial charge on any atom is -0.487 e. The highest BCUT2D eigenvalue weighted by Gasteiger charge is 2.01. The summed E-state index contributed by atoms with van der Waals surface area (Å²) in [5.41, 5.74) is 3.52. The van der Waals surface area contributed by atoms with Gasteiger partial charge in [0.15, 0.2) is 0 Å². The number of benzene rings is 2. The van der Waals surface area contributed by atoms with Gasteiger partial charge in [-0.15, -0.1) is 0 Å². The Hall–Kier alpha value is -3.56. The van der Waals surface area contributed by atoms with Crippen LogP contribution < -0.4 is 10.1 Å². The molecule has 0 aliphatic heterocycles. The lowest BCUT2D eigenvalue weighted by atomic mass is 10.1. The number of amides is 1. The number of nitrogens with zero attached hydrogens (tertiary/aromatic N) is 2. The van der Waals surface area contributed by atoms with Crippen molar-refractivity contribution in [3.8, 4) is 11.8 Å². The van der Waals surface area contributed by atoms with Gasteiger partial charge in [0.2, 0.25) is 5.91 Å². The van der Waals surface area contributed by atoms with E-state index in [9.17, 15) is 4.79 Å². The first kappa shape index (κ1) is 22.1. The predicted molar refractivity (Wildman–Crippen MR) is 124 cm³/mol. The number of pyridine rings is 1. The van der Waals surface area contributed by atoms with Crippen LogP contribution in [-0.4, -0.2) is 23.2 Å². The fourth-order valence-corrected chi connectivity index (χ4v) is 3.59. The second-order valence-corrected chi connectivity index (χ2v) is 7.73. The molecule has 0 spiro atoms. The third kappa shape index (κ3) is 7.65. The predicted octanol–water partition coefficient (Wildman–Crippen LogP) is 4.60. The molecule has 5 nitrogen and oxygen atoms in total. The fraction of sp³-hybridized carbons (Fsp3) is 0.160. The molecule has 0 fully saturated rings. The Morgan fingerprint density at radius 3 is 2.68 bits per heavy atom. The van der Waals surface area contributed by atoms with Crippen LogP contribution in [0.4, 0.5) is 0 Å². The lowest BCUT2D eigenvalue weighted by Crippen LogP contribution is -2.23.